The smallest absolute Gasteiger partial charge is 0.252 e. The molecular formula is C8H12N4O. The largest absolute Gasteiger partial charge is 0.365 e. The molecular weight excluding hydrogens is 168 g/mol. The third-order valence-corrected chi connectivity index (χ3v) is 2.38. The van der Waals surface area contributed by atoms with Crippen molar-refractivity contribution < 1.29 is 4.79 Å². The third-order valence-electron chi connectivity index (χ3n) is 2.38. The summed E-state index contributed by atoms with van der Waals surface area (Å²) in [7, 11) is 0. The Kier molecular flexibility index (Phi) is 1.81. The predicted molar refractivity (Wildman–Crippen MR) is 47.0 cm³/mol. The van der Waals surface area contributed by atoms with Crippen LogP contribution in [0.2, 0.25) is 0 Å². The summed E-state index contributed by atoms with van der Waals surface area (Å²) in [5.41, 5.74) is 12.4. The quantitative estimate of drug-likeness (QED) is 0.596. The molecule has 0 saturated carbocycles. The zero-order chi connectivity index (χ0) is 9.42. The van der Waals surface area contributed by atoms with Crippen molar-refractivity contribution in [2.45, 2.75) is 25.4 Å². The third kappa shape index (κ3) is 1.31. The molecule has 4 N–H and O–H groups in total. The highest BCUT2D eigenvalue weighted by Gasteiger charge is 2.21. The average Bonchev–Trinajstić information content (AvgIpc) is 2.46. The van der Waals surface area contributed by atoms with Crippen molar-refractivity contribution in [2.24, 2.45) is 11.5 Å². The van der Waals surface area contributed by atoms with Crippen molar-refractivity contribution in [3.63, 3.8) is 0 Å². The van der Waals surface area contributed by atoms with E-state index in [1.807, 2.05) is 4.68 Å². The molecule has 1 amide bonds. The molecule has 70 valence electrons. The van der Waals surface area contributed by atoms with E-state index in [2.05, 4.69) is 5.10 Å². The average molecular weight is 180 g/mol. The van der Waals surface area contributed by atoms with Crippen molar-refractivity contribution in [1.29, 1.82) is 0 Å². The van der Waals surface area contributed by atoms with E-state index in [1.54, 1.807) is 0 Å². The maximum absolute atomic E-state index is 11.0. The second-order valence-corrected chi connectivity index (χ2v) is 3.35. The maximum atomic E-state index is 11.0. The number of hydrogen-bond acceptors (Lipinski definition) is 3. The van der Waals surface area contributed by atoms with E-state index in [-0.39, 0.29) is 6.04 Å². The van der Waals surface area contributed by atoms with Gasteiger partial charge in [0.2, 0.25) is 0 Å². The Bertz CT molecular complexity index is 344. The lowest BCUT2D eigenvalue weighted by atomic mass is 10.0. The first kappa shape index (κ1) is 8.25. The van der Waals surface area contributed by atoms with Crippen LogP contribution in [0, 0.1) is 0 Å². The monoisotopic (exact) mass is 180 g/mol. The van der Waals surface area contributed by atoms with E-state index in [1.165, 1.54) is 6.20 Å². The topological polar surface area (TPSA) is 86.9 Å². The van der Waals surface area contributed by atoms with Gasteiger partial charge in [-0.25, -0.2) is 0 Å². The number of aryl methyl sites for hydroxylation is 1. The molecule has 1 unspecified atom stereocenters. The van der Waals surface area contributed by atoms with Gasteiger partial charge in [-0.1, -0.05) is 0 Å². The normalized spacial score (nSPS) is 21.2. The summed E-state index contributed by atoms with van der Waals surface area (Å²) >= 11 is 0. The van der Waals surface area contributed by atoms with Crippen LogP contribution in [0.3, 0.4) is 0 Å². The fourth-order valence-electron chi connectivity index (χ4n) is 1.66. The zero-order valence-corrected chi connectivity index (χ0v) is 7.23. The predicted octanol–water partition coefficient (Wildman–Crippen LogP) is -0.745. The fraction of sp³-hybridized carbons (Fsp3) is 0.500. The Balaban J connectivity index is 2.41. The molecule has 5 heteroatoms. The van der Waals surface area contributed by atoms with Crippen molar-refractivity contribution in [3.8, 4) is 0 Å². The minimum absolute atomic E-state index is 0.127. The molecule has 0 fully saturated rings. The first-order valence-electron chi connectivity index (χ1n) is 4.28. The molecule has 2 rings (SSSR count). The van der Waals surface area contributed by atoms with E-state index >= 15 is 0 Å². The Morgan fingerprint density at radius 2 is 2.46 bits per heavy atom. The molecule has 0 bridgehead atoms. The molecule has 1 aromatic heterocycles. The number of nitrogens with two attached hydrogens (primary N) is 2. The van der Waals surface area contributed by atoms with Gasteiger partial charge >= 0.3 is 0 Å². The van der Waals surface area contributed by atoms with Gasteiger partial charge in [0, 0.05) is 19.0 Å². The first-order valence-corrected chi connectivity index (χ1v) is 4.28. The van der Waals surface area contributed by atoms with Gasteiger partial charge in [-0.3, -0.25) is 9.48 Å². The van der Waals surface area contributed by atoms with Crippen LogP contribution in [-0.2, 0) is 13.0 Å². The molecule has 0 radical (unpaired) electrons. The molecule has 0 aliphatic carbocycles. The highest BCUT2D eigenvalue weighted by Crippen LogP contribution is 2.16. The number of amides is 1. The second kappa shape index (κ2) is 2.85. The SMILES string of the molecule is NC(=O)c1cnn2c1CC(N)CC2. The van der Waals surface area contributed by atoms with Gasteiger partial charge < -0.3 is 11.5 Å². The number of carbonyl (C=O) groups is 1. The van der Waals surface area contributed by atoms with Gasteiger partial charge in [-0.2, -0.15) is 5.10 Å². The Labute approximate surface area is 75.7 Å². The summed E-state index contributed by atoms with van der Waals surface area (Å²) < 4.78 is 1.81. The Morgan fingerprint density at radius 1 is 1.69 bits per heavy atom. The van der Waals surface area contributed by atoms with Gasteiger partial charge in [0.05, 0.1) is 17.5 Å². The fourth-order valence-corrected chi connectivity index (χ4v) is 1.66. The summed E-state index contributed by atoms with van der Waals surface area (Å²) in [5.74, 6) is -0.421. The summed E-state index contributed by atoms with van der Waals surface area (Å²) in [6.07, 6.45) is 3.13. The van der Waals surface area contributed by atoms with Crippen molar-refractivity contribution in [2.75, 3.05) is 0 Å². The number of nitrogens with zero attached hydrogens (tertiary/aromatic N) is 2. The lowest BCUT2D eigenvalue weighted by Crippen LogP contribution is -2.32. The lowest BCUT2D eigenvalue weighted by molar-refractivity contribution is 0.0999. The van der Waals surface area contributed by atoms with Crippen LogP contribution < -0.4 is 11.5 Å². The van der Waals surface area contributed by atoms with Crippen LogP contribution in [0.15, 0.2) is 6.20 Å². The highest BCUT2D eigenvalue weighted by molar-refractivity contribution is 5.93. The number of hydrogen-bond donors (Lipinski definition) is 2. The molecule has 0 saturated heterocycles. The lowest BCUT2D eigenvalue weighted by Gasteiger charge is -2.20. The molecule has 0 spiro atoms. The van der Waals surface area contributed by atoms with Gasteiger partial charge in [-0.15, -0.1) is 0 Å². The van der Waals surface area contributed by atoms with Crippen LogP contribution in [0.1, 0.15) is 22.5 Å². The van der Waals surface area contributed by atoms with Crippen LogP contribution in [0.4, 0.5) is 0 Å². The van der Waals surface area contributed by atoms with Crippen LogP contribution in [-0.4, -0.2) is 21.7 Å². The molecule has 1 aromatic rings. The number of fused-ring (bicyclic) bond motifs is 1. The molecule has 13 heavy (non-hydrogen) atoms. The maximum Gasteiger partial charge on any atom is 0.252 e. The minimum Gasteiger partial charge on any atom is -0.365 e. The van der Waals surface area contributed by atoms with E-state index in [9.17, 15) is 4.79 Å². The number of carbonyl (C=O) groups excluding carboxylic acids is 1. The summed E-state index contributed by atoms with van der Waals surface area (Å²) in [5, 5.41) is 4.07. The molecule has 1 atom stereocenters. The minimum atomic E-state index is -0.421. The van der Waals surface area contributed by atoms with Crippen LogP contribution >= 0.6 is 0 Å². The van der Waals surface area contributed by atoms with Crippen LogP contribution in [0.5, 0.6) is 0 Å². The molecule has 1 aliphatic rings. The molecule has 1 aliphatic heterocycles. The standard InChI is InChI=1S/C8H12N4O/c9-5-1-2-12-7(3-5)6(4-11-12)8(10)13/h4-5H,1-3,9H2,(H2,10,13). The van der Waals surface area contributed by atoms with Gasteiger partial charge in [0.15, 0.2) is 0 Å². The zero-order valence-electron chi connectivity index (χ0n) is 7.23. The van der Waals surface area contributed by atoms with Gasteiger partial charge in [0.1, 0.15) is 0 Å². The van der Waals surface area contributed by atoms with Crippen molar-refractivity contribution >= 4 is 5.91 Å². The van der Waals surface area contributed by atoms with Gasteiger partial charge in [0.25, 0.3) is 5.91 Å². The summed E-state index contributed by atoms with van der Waals surface area (Å²) in [4.78, 5) is 11.0. The molecule has 5 nitrogen and oxygen atoms in total. The Morgan fingerprint density at radius 3 is 3.15 bits per heavy atom. The molecule has 2 heterocycles. The summed E-state index contributed by atoms with van der Waals surface area (Å²) in [6, 6.07) is 0.127. The first-order chi connectivity index (χ1) is 6.18. The second-order valence-electron chi connectivity index (χ2n) is 3.35. The van der Waals surface area contributed by atoms with Crippen LogP contribution in [0.25, 0.3) is 0 Å². The van der Waals surface area contributed by atoms with E-state index in [0.717, 1.165) is 18.7 Å². The highest BCUT2D eigenvalue weighted by atomic mass is 16.1. The van der Waals surface area contributed by atoms with Crippen molar-refractivity contribution in [3.05, 3.63) is 17.5 Å². The van der Waals surface area contributed by atoms with E-state index < -0.39 is 5.91 Å². The summed E-state index contributed by atoms with van der Waals surface area (Å²) in [6.45, 7) is 0.782. The Hall–Kier alpha value is -1.36. The van der Waals surface area contributed by atoms with E-state index in [0.29, 0.717) is 12.0 Å². The number of rotatable bonds is 1. The van der Waals surface area contributed by atoms with E-state index in [4.69, 9.17) is 11.5 Å². The molecule has 0 aromatic carbocycles. The number of primary amides is 1. The number of aromatic nitrogens is 2. The van der Waals surface area contributed by atoms with Crippen molar-refractivity contribution in [1.82, 2.24) is 9.78 Å². The van der Waals surface area contributed by atoms with Gasteiger partial charge in [-0.05, 0) is 6.42 Å².